The molecule has 0 atom stereocenters. The summed E-state index contributed by atoms with van der Waals surface area (Å²) in [6.45, 7) is 5.11. The molecule has 6 heteroatoms. The maximum Gasteiger partial charge on any atom is 0.273 e. The van der Waals surface area contributed by atoms with Gasteiger partial charge in [0.25, 0.3) is 11.4 Å². The lowest BCUT2D eigenvalue weighted by Crippen LogP contribution is -2.46. The van der Waals surface area contributed by atoms with Gasteiger partial charge in [-0.05, 0) is 31.6 Å². The van der Waals surface area contributed by atoms with Crippen molar-refractivity contribution >= 4 is 11.4 Å². The van der Waals surface area contributed by atoms with Crippen molar-refractivity contribution in [2.45, 2.75) is 26.3 Å². The van der Waals surface area contributed by atoms with E-state index in [2.05, 4.69) is 0 Å². The van der Waals surface area contributed by atoms with Gasteiger partial charge in [0.05, 0.1) is 10.5 Å². The first-order valence-corrected chi connectivity index (χ1v) is 5.49. The van der Waals surface area contributed by atoms with Crippen molar-refractivity contribution in [1.82, 2.24) is 0 Å². The van der Waals surface area contributed by atoms with Crippen molar-refractivity contribution in [1.29, 1.82) is 0 Å². The molecular formula is C12H18N3O3+. The Kier molecular flexibility index (Phi) is 3.71. The number of nitrogens with two attached hydrogens (primary N) is 1. The first-order chi connectivity index (χ1) is 8.14. The van der Waals surface area contributed by atoms with Gasteiger partial charge < -0.3 is 5.73 Å². The van der Waals surface area contributed by atoms with E-state index in [0.717, 1.165) is 4.74 Å². The Hall–Kier alpha value is -1.95. The van der Waals surface area contributed by atoms with Crippen LogP contribution in [0.3, 0.4) is 0 Å². The highest BCUT2D eigenvalue weighted by molar-refractivity contribution is 6.03. The number of hydrogen-bond acceptors (Lipinski definition) is 4. The largest absolute Gasteiger partial charge is 0.317 e. The lowest BCUT2D eigenvalue weighted by atomic mass is 9.92. The summed E-state index contributed by atoms with van der Waals surface area (Å²) in [5.41, 5.74) is 6.69. The van der Waals surface area contributed by atoms with E-state index >= 15 is 0 Å². The summed E-state index contributed by atoms with van der Waals surface area (Å²) in [6, 6.07) is 4.77. The van der Waals surface area contributed by atoms with E-state index < -0.39 is 10.5 Å². The van der Waals surface area contributed by atoms with E-state index in [1.165, 1.54) is 13.1 Å². The number of nitro groups is 1. The Balaban J connectivity index is 3.47. The summed E-state index contributed by atoms with van der Waals surface area (Å²) < 4.78 is 0.897. The topological polar surface area (TPSA) is 92.4 Å². The van der Waals surface area contributed by atoms with Crippen LogP contribution in [-0.2, 0) is 0 Å². The molecule has 1 rings (SSSR count). The molecule has 0 bridgehead atoms. The predicted octanol–water partition coefficient (Wildman–Crippen LogP) is 1.46. The maximum atomic E-state index is 10.9. The monoisotopic (exact) mass is 252 g/mol. The van der Waals surface area contributed by atoms with E-state index in [1.807, 2.05) is 0 Å². The summed E-state index contributed by atoms with van der Waals surface area (Å²) >= 11 is 0. The molecule has 0 aliphatic rings. The minimum Gasteiger partial charge on any atom is -0.317 e. The first kappa shape index (κ1) is 14.1. The van der Waals surface area contributed by atoms with Crippen molar-refractivity contribution in [3.05, 3.63) is 39.4 Å². The lowest BCUT2D eigenvalue weighted by Gasteiger charge is -2.17. The fraction of sp³-hybridized carbons (Fsp3) is 0.417. The zero-order chi connectivity index (χ0) is 14.1. The number of nitro benzene ring substituents is 1. The van der Waals surface area contributed by atoms with Crippen LogP contribution in [-0.4, -0.2) is 33.2 Å². The van der Waals surface area contributed by atoms with Gasteiger partial charge in [-0.15, -0.1) is 0 Å². The van der Waals surface area contributed by atoms with Crippen molar-refractivity contribution in [2.75, 3.05) is 7.05 Å². The summed E-state index contributed by atoms with van der Waals surface area (Å²) in [6.07, 6.45) is 0. The molecule has 0 amide bonds. The molecule has 0 aliphatic carbocycles. The second-order valence-electron chi connectivity index (χ2n) is 4.85. The standard InChI is InChI=1S/C12H18N3O3/c1-8-5-6-9(7-10(8)15(17)18)11(14(4)16)12(2,3)13/h5-7,16H,13H2,1-4H3/q+1/b14-11-. The first-order valence-electron chi connectivity index (χ1n) is 5.49. The van der Waals surface area contributed by atoms with Crippen LogP contribution in [0.4, 0.5) is 5.69 Å². The molecular weight excluding hydrogens is 234 g/mol. The third-order valence-electron chi connectivity index (χ3n) is 2.61. The summed E-state index contributed by atoms with van der Waals surface area (Å²) in [4.78, 5) is 10.5. The number of hydroxylamine groups is 1. The van der Waals surface area contributed by atoms with Crippen LogP contribution in [0.25, 0.3) is 0 Å². The summed E-state index contributed by atoms with van der Waals surface area (Å²) in [5.74, 6) is 0. The van der Waals surface area contributed by atoms with Gasteiger partial charge in [-0.25, -0.2) is 0 Å². The van der Waals surface area contributed by atoms with Gasteiger partial charge in [-0.3, -0.25) is 15.3 Å². The van der Waals surface area contributed by atoms with Gasteiger partial charge in [-0.1, -0.05) is 6.07 Å². The Morgan fingerprint density at radius 2 is 2.00 bits per heavy atom. The van der Waals surface area contributed by atoms with E-state index in [1.54, 1.807) is 32.9 Å². The van der Waals surface area contributed by atoms with Crippen molar-refractivity contribution in [3.8, 4) is 0 Å². The van der Waals surface area contributed by atoms with Crippen molar-refractivity contribution < 1.29 is 14.9 Å². The molecule has 0 saturated carbocycles. The van der Waals surface area contributed by atoms with E-state index in [4.69, 9.17) is 5.73 Å². The molecule has 0 heterocycles. The molecule has 0 unspecified atom stereocenters. The maximum absolute atomic E-state index is 10.9. The highest BCUT2D eigenvalue weighted by atomic mass is 16.6. The Bertz CT molecular complexity index is 512. The smallest absolute Gasteiger partial charge is 0.273 e. The van der Waals surface area contributed by atoms with E-state index in [-0.39, 0.29) is 5.69 Å². The van der Waals surface area contributed by atoms with Crippen LogP contribution in [0.2, 0.25) is 0 Å². The molecule has 18 heavy (non-hydrogen) atoms. The van der Waals surface area contributed by atoms with Crippen LogP contribution in [0.1, 0.15) is 25.0 Å². The SMILES string of the molecule is Cc1ccc(/C(=[N+](\C)O)C(C)(C)N)cc1[N+](=O)[O-]. The van der Waals surface area contributed by atoms with Gasteiger partial charge in [0.15, 0.2) is 7.05 Å². The zero-order valence-corrected chi connectivity index (χ0v) is 11.0. The second-order valence-corrected chi connectivity index (χ2v) is 4.85. The summed E-state index contributed by atoms with van der Waals surface area (Å²) in [5, 5.41) is 20.6. The fourth-order valence-corrected chi connectivity index (χ4v) is 1.93. The summed E-state index contributed by atoms with van der Waals surface area (Å²) in [7, 11) is 1.44. The lowest BCUT2D eigenvalue weighted by molar-refractivity contribution is -0.755. The van der Waals surface area contributed by atoms with Gasteiger partial charge in [0, 0.05) is 11.6 Å². The molecule has 0 aliphatic heterocycles. The molecule has 0 aromatic heterocycles. The molecule has 0 saturated heterocycles. The second kappa shape index (κ2) is 4.73. The normalized spacial score (nSPS) is 13.2. The molecule has 0 fully saturated rings. The van der Waals surface area contributed by atoms with Crippen LogP contribution in [0.5, 0.6) is 0 Å². The van der Waals surface area contributed by atoms with Gasteiger partial charge in [0.2, 0.25) is 0 Å². The Morgan fingerprint density at radius 1 is 1.44 bits per heavy atom. The number of rotatable bonds is 3. The number of hydrogen-bond donors (Lipinski definition) is 2. The minimum absolute atomic E-state index is 0.0103. The van der Waals surface area contributed by atoms with Crippen LogP contribution in [0.15, 0.2) is 18.2 Å². The van der Waals surface area contributed by atoms with E-state index in [9.17, 15) is 15.3 Å². The van der Waals surface area contributed by atoms with Gasteiger partial charge >= 0.3 is 0 Å². The number of benzene rings is 1. The van der Waals surface area contributed by atoms with Crippen LogP contribution < -0.4 is 5.73 Å². The van der Waals surface area contributed by atoms with Gasteiger partial charge in [0.1, 0.15) is 5.54 Å². The van der Waals surface area contributed by atoms with Crippen LogP contribution >= 0.6 is 0 Å². The molecule has 98 valence electrons. The molecule has 1 aromatic rings. The average molecular weight is 252 g/mol. The number of aryl methyl sites for hydroxylation is 1. The fourth-order valence-electron chi connectivity index (χ4n) is 1.93. The van der Waals surface area contributed by atoms with Crippen molar-refractivity contribution in [3.63, 3.8) is 0 Å². The highest BCUT2D eigenvalue weighted by Crippen LogP contribution is 2.21. The molecule has 3 N–H and O–H groups in total. The molecule has 0 radical (unpaired) electrons. The Labute approximate surface area is 105 Å². The quantitative estimate of drug-likeness (QED) is 0.280. The van der Waals surface area contributed by atoms with Crippen molar-refractivity contribution in [2.24, 2.45) is 5.73 Å². The highest BCUT2D eigenvalue weighted by Gasteiger charge is 2.32. The third kappa shape index (κ3) is 2.84. The molecule has 1 aromatic carbocycles. The number of nitrogens with zero attached hydrogens (tertiary/aromatic N) is 2. The van der Waals surface area contributed by atoms with E-state index in [0.29, 0.717) is 16.8 Å². The minimum atomic E-state index is -0.813. The predicted molar refractivity (Wildman–Crippen MR) is 68.2 cm³/mol. The zero-order valence-electron chi connectivity index (χ0n) is 11.0. The Morgan fingerprint density at radius 3 is 2.39 bits per heavy atom. The average Bonchev–Trinajstić information content (AvgIpc) is 2.17. The molecule has 0 spiro atoms. The van der Waals surface area contributed by atoms with Gasteiger partial charge in [-0.2, -0.15) is 0 Å². The molecule has 6 nitrogen and oxygen atoms in total. The van der Waals surface area contributed by atoms with Crippen LogP contribution in [0, 0.1) is 17.0 Å². The third-order valence-corrected chi connectivity index (χ3v) is 2.61.